The van der Waals surface area contributed by atoms with Crippen LogP contribution in [0.5, 0.6) is 0 Å². The Labute approximate surface area is 143 Å². The maximum Gasteiger partial charge on any atom is 0.269 e. The number of benzene rings is 1. The van der Waals surface area contributed by atoms with Crippen molar-refractivity contribution in [2.45, 2.75) is 6.42 Å². The van der Waals surface area contributed by atoms with Gasteiger partial charge in [-0.15, -0.1) is 11.3 Å². The summed E-state index contributed by atoms with van der Waals surface area (Å²) in [6.45, 7) is 1.56. The number of aromatic nitrogens is 2. The fraction of sp³-hybridized carbons (Fsp3) is 0.294. The van der Waals surface area contributed by atoms with E-state index in [4.69, 9.17) is 0 Å². The van der Waals surface area contributed by atoms with Crippen molar-refractivity contribution in [3.8, 4) is 11.3 Å². The zero-order valence-electron chi connectivity index (χ0n) is 13.6. The number of rotatable bonds is 6. The van der Waals surface area contributed by atoms with Crippen molar-refractivity contribution in [1.82, 2.24) is 19.6 Å². The first-order chi connectivity index (χ1) is 11.5. The van der Waals surface area contributed by atoms with Gasteiger partial charge < -0.3 is 10.2 Å². The van der Waals surface area contributed by atoms with Gasteiger partial charge in [0.15, 0.2) is 4.96 Å². The van der Waals surface area contributed by atoms with Crippen molar-refractivity contribution in [3.05, 3.63) is 47.4 Å². The van der Waals surface area contributed by atoms with E-state index in [0.29, 0.717) is 12.2 Å². The molecule has 126 valence electrons. The van der Waals surface area contributed by atoms with Crippen molar-refractivity contribution >= 4 is 22.2 Å². The predicted molar refractivity (Wildman–Crippen MR) is 94.0 cm³/mol. The Kier molecular flexibility index (Phi) is 4.92. The second-order valence-electron chi connectivity index (χ2n) is 5.82. The van der Waals surface area contributed by atoms with Crippen LogP contribution < -0.4 is 5.32 Å². The average molecular weight is 346 g/mol. The molecule has 7 heteroatoms. The molecule has 3 rings (SSSR count). The van der Waals surface area contributed by atoms with E-state index in [1.807, 2.05) is 20.3 Å². The molecule has 0 bridgehead atoms. The lowest BCUT2D eigenvalue weighted by atomic mass is 10.2. The van der Waals surface area contributed by atoms with E-state index in [-0.39, 0.29) is 11.7 Å². The van der Waals surface area contributed by atoms with Crippen LogP contribution in [0.25, 0.3) is 16.2 Å². The molecule has 1 aromatic carbocycles. The SMILES string of the molecule is CN(C)CCCNC(=O)c1csc2nc(-c3ccc(F)cc3)cn12. The highest BCUT2D eigenvalue weighted by molar-refractivity contribution is 7.15. The quantitative estimate of drug-likeness (QED) is 0.698. The molecule has 0 aliphatic heterocycles. The van der Waals surface area contributed by atoms with Gasteiger partial charge in [-0.3, -0.25) is 9.20 Å². The van der Waals surface area contributed by atoms with Gasteiger partial charge in [0, 0.05) is 23.7 Å². The number of fused-ring (bicyclic) bond motifs is 1. The van der Waals surface area contributed by atoms with Crippen molar-refractivity contribution < 1.29 is 9.18 Å². The number of imidazole rings is 1. The summed E-state index contributed by atoms with van der Waals surface area (Å²) < 4.78 is 14.8. The lowest BCUT2D eigenvalue weighted by Crippen LogP contribution is -2.27. The maximum absolute atomic E-state index is 13.0. The fourth-order valence-electron chi connectivity index (χ4n) is 2.39. The molecule has 0 aliphatic rings. The van der Waals surface area contributed by atoms with Crippen LogP contribution in [0, 0.1) is 5.82 Å². The Balaban J connectivity index is 1.75. The molecule has 0 saturated heterocycles. The third kappa shape index (κ3) is 3.63. The standard InChI is InChI=1S/C17H19FN4OS/c1-21(2)9-3-8-19-16(23)15-11-24-17-20-14(10-22(15)17)12-4-6-13(18)7-5-12/h4-7,10-11H,3,8-9H2,1-2H3,(H,19,23). The normalized spacial score (nSPS) is 11.3. The van der Waals surface area contributed by atoms with E-state index < -0.39 is 0 Å². The number of nitrogens with one attached hydrogen (secondary N) is 1. The number of hydrogen-bond donors (Lipinski definition) is 1. The maximum atomic E-state index is 13.0. The molecule has 0 unspecified atom stereocenters. The monoisotopic (exact) mass is 346 g/mol. The molecule has 2 heterocycles. The number of halogens is 1. The molecular formula is C17H19FN4OS. The van der Waals surface area contributed by atoms with E-state index >= 15 is 0 Å². The van der Waals surface area contributed by atoms with Crippen LogP contribution in [0.3, 0.4) is 0 Å². The summed E-state index contributed by atoms with van der Waals surface area (Å²) >= 11 is 1.41. The lowest BCUT2D eigenvalue weighted by Gasteiger charge is -2.09. The molecule has 1 amide bonds. The molecule has 0 atom stereocenters. The average Bonchev–Trinajstić information content (AvgIpc) is 3.12. The highest BCUT2D eigenvalue weighted by atomic mass is 32.1. The Hall–Kier alpha value is -2.25. The van der Waals surface area contributed by atoms with Crippen LogP contribution >= 0.6 is 11.3 Å². The number of carbonyl (C=O) groups is 1. The molecule has 5 nitrogen and oxygen atoms in total. The number of carbonyl (C=O) groups excluding carboxylic acids is 1. The molecule has 3 aromatic rings. The minimum absolute atomic E-state index is 0.108. The third-order valence-electron chi connectivity index (χ3n) is 3.65. The molecule has 1 N–H and O–H groups in total. The van der Waals surface area contributed by atoms with Gasteiger partial charge in [0.25, 0.3) is 5.91 Å². The fourth-order valence-corrected chi connectivity index (χ4v) is 3.25. The van der Waals surface area contributed by atoms with Crippen molar-refractivity contribution in [2.24, 2.45) is 0 Å². The summed E-state index contributed by atoms with van der Waals surface area (Å²) in [4.78, 5) is 19.7. The Morgan fingerprint density at radius 1 is 1.33 bits per heavy atom. The van der Waals surface area contributed by atoms with E-state index in [2.05, 4.69) is 15.2 Å². The topological polar surface area (TPSA) is 49.6 Å². The third-order valence-corrected chi connectivity index (χ3v) is 4.49. The van der Waals surface area contributed by atoms with Crippen LogP contribution in [0.1, 0.15) is 16.9 Å². The Morgan fingerprint density at radius 2 is 2.08 bits per heavy atom. The molecule has 24 heavy (non-hydrogen) atoms. The highest BCUT2D eigenvalue weighted by Crippen LogP contribution is 2.23. The zero-order chi connectivity index (χ0) is 17.1. The lowest BCUT2D eigenvalue weighted by molar-refractivity contribution is 0.0946. The number of nitrogens with zero attached hydrogens (tertiary/aromatic N) is 3. The Morgan fingerprint density at radius 3 is 2.79 bits per heavy atom. The van der Waals surface area contributed by atoms with E-state index in [1.54, 1.807) is 21.9 Å². The van der Waals surface area contributed by atoms with E-state index in [1.165, 1.54) is 23.5 Å². The molecule has 0 saturated carbocycles. The van der Waals surface area contributed by atoms with Crippen LogP contribution in [-0.4, -0.2) is 47.4 Å². The zero-order valence-corrected chi connectivity index (χ0v) is 14.4. The smallest absolute Gasteiger partial charge is 0.269 e. The van der Waals surface area contributed by atoms with Crippen molar-refractivity contribution in [3.63, 3.8) is 0 Å². The first-order valence-corrected chi connectivity index (χ1v) is 8.58. The minimum Gasteiger partial charge on any atom is -0.351 e. The van der Waals surface area contributed by atoms with Gasteiger partial charge in [0.2, 0.25) is 0 Å². The second-order valence-corrected chi connectivity index (χ2v) is 6.66. The minimum atomic E-state index is -0.280. The van der Waals surface area contributed by atoms with Crippen LogP contribution in [-0.2, 0) is 0 Å². The first-order valence-electron chi connectivity index (χ1n) is 7.70. The van der Waals surface area contributed by atoms with Crippen molar-refractivity contribution in [2.75, 3.05) is 27.2 Å². The van der Waals surface area contributed by atoms with Gasteiger partial charge in [0.05, 0.1) is 5.69 Å². The van der Waals surface area contributed by atoms with E-state index in [0.717, 1.165) is 29.2 Å². The van der Waals surface area contributed by atoms with Gasteiger partial charge in [0.1, 0.15) is 11.5 Å². The second kappa shape index (κ2) is 7.11. The number of thiazole rings is 1. The molecule has 0 spiro atoms. The summed E-state index contributed by atoms with van der Waals surface area (Å²) in [6.07, 6.45) is 2.71. The van der Waals surface area contributed by atoms with Gasteiger partial charge in [-0.1, -0.05) is 0 Å². The first kappa shape index (κ1) is 16.6. The van der Waals surface area contributed by atoms with E-state index in [9.17, 15) is 9.18 Å². The summed E-state index contributed by atoms with van der Waals surface area (Å²) in [5, 5.41) is 4.74. The summed E-state index contributed by atoms with van der Waals surface area (Å²) in [5.74, 6) is -0.388. The highest BCUT2D eigenvalue weighted by Gasteiger charge is 2.15. The summed E-state index contributed by atoms with van der Waals surface area (Å²) in [6, 6.07) is 6.17. The largest absolute Gasteiger partial charge is 0.351 e. The molecule has 0 aliphatic carbocycles. The predicted octanol–water partition coefficient (Wildman–Crippen LogP) is 2.88. The molecule has 0 fully saturated rings. The summed E-state index contributed by atoms with van der Waals surface area (Å²) in [7, 11) is 4.01. The van der Waals surface area contributed by atoms with Gasteiger partial charge in [-0.25, -0.2) is 9.37 Å². The Bertz CT molecular complexity index is 838. The van der Waals surface area contributed by atoms with Crippen LogP contribution in [0.2, 0.25) is 0 Å². The molecule has 2 aromatic heterocycles. The molecular weight excluding hydrogens is 327 g/mol. The molecule has 0 radical (unpaired) electrons. The van der Waals surface area contributed by atoms with Gasteiger partial charge >= 0.3 is 0 Å². The van der Waals surface area contributed by atoms with Crippen LogP contribution in [0.4, 0.5) is 4.39 Å². The summed E-state index contributed by atoms with van der Waals surface area (Å²) in [5.41, 5.74) is 2.12. The van der Waals surface area contributed by atoms with Crippen molar-refractivity contribution in [1.29, 1.82) is 0 Å². The number of amides is 1. The van der Waals surface area contributed by atoms with Crippen LogP contribution in [0.15, 0.2) is 35.8 Å². The van der Waals surface area contributed by atoms with Gasteiger partial charge in [-0.05, 0) is 51.3 Å². The van der Waals surface area contributed by atoms with Gasteiger partial charge in [-0.2, -0.15) is 0 Å². The number of hydrogen-bond acceptors (Lipinski definition) is 4.